The van der Waals surface area contributed by atoms with E-state index in [1.165, 1.54) is 12.1 Å². The highest BCUT2D eigenvalue weighted by molar-refractivity contribution is 5.94. The van der Waals surface area contributed by atoms with Gasteiger partial charge in [0, 0.05) is 5.39 Å². The summed E-state index contributed by atoms with van der Waals surface area (Å²) >= 11 is 0. The Kier molecular flexibility index (Phi) is 4.90. The van der Waals surface area contributed by atoms with Crippen LogP contribution in [0.2, 0.25) is 0 Å². The van der Waals surface area contributed by atoms with Crippen molar-refractivity contribution < 1.29 is 22.3 Å². The fourth-order valence-corrected chi connectivity index (χ4v) is 3.81. The second-order valence-electron chi connectivity index (χ2n) is 8.51. The van der Waals surface area contributed by atoms with Crippen molar-refractivity contribution in [1.82, 2.24) is 19.6 Å². The molecule has 0 spiro atoms. The summed E-state index contributed by atoms with van der Waals surface area (Å²) in [6.45, 7) is 4.47. The van der Waals surface area contributed by atoms with E-state index in [0.29, 0.717) is 51.9 Å². The molecule has 0 N–H and O–H groups in total. The van der Waals surface area contributed by atoms with Gasteiger partial charge in [-0.1, -0.05) is 17.9 Å². The number of halogens is 4. The molecule has 0 fully saturated rings. The first-order chi connectivity index (χ1) is 16.1. The van der Waals surface area contributed by atoms with E-state index in [9.17, 15) is 17.6 Å². The van der Waals surface area contributed by atoms with Gasteiger partial charge in [-0.3, -0.25) is 4.40 Å². The molecule has 5 rings (SSSR count). The minimum Gasteiger partial charge on any atom is -0.488 e. The van der Waals surface area contributed by atoms with E-state index >= 15 is 0 Å². The maximum Gasteiger partial charge on any atom is 0.404 e. The Hall–Kier alpha value is -3.87. The van der Waals surface area contributed by atoms with Crippen LogP contribution in [-0.4, -0.2) is 38.9 Å². The van der Waals surface area contributed by atoms with Crippen molar-refractivity contribution >= 4 is 28.2 Å². The SMILES string of the molecule is Cc1nnc2nc(N3CCOc4c(C#CC(C)(C)C(F)(F)F)cccc43)c3cc(F)ccc3n12. The summed E-state index contributed by atoms with van der Waals surface area (Å²) in [5, 5.41) is 8.74. The third-order valence-corrected chi connectivity index (χ3v) is 5.77. The standard InChI is InChI=1S/C24H19F4N5O/c1-14-30-31-22-29-21(17-13-16(25)7-8-18(17)33(14)22)32-11-12-34-20-15(5-4-6-19(20)32)9-10-23(2,3)24(26,27)28/h4-8,13H,11-12H2,1-3H3. The Labute approximate surface area is 192 Å². The fourth-order valence-electron chi connectivity index (χ4n) is 3.81. The molecule has 174 valence electrons. The van der Waals surface area contributed by atoms with Crippen molar-refractivity contribution in [3.63, 3.8) is 0 Å². The molecule has 3 heterocycles. The van der Waals surface area contributed by atoms with E-state index in [-0.39, 0.29) is 6.61 Å². The molecular weight excluding hydrogens is 450 g/mol. The van der Waals surface area contributed by atoms with E-state index in [2.05, 4.69) is 27.0 Å². The molecule has 1 aliphatic heterocycles. The molecule has 0 unspecified atom stereocenters. The van der Waals surface area contributed by atoms with Crippen molar-refractivity contribution in [2.75, 3.05) is 18.1 Å². The second-order valence-corrected chi connectivity index (χ2v) is 8.51. The molecule has 34 heavy (non-hydrogen) atoms. The van der Waals surface area contributed by atoms with Gasteiger partial charge in [0.25, 0.3) is 5.78 Å². The highest BCUT2D eigenvalue weighted by Crippen LogP contribution is 2.41. The van der Waals surface area contributed by atoms with Crippen LogP contribution in [0.15, 0.2) is 36.4 Å². The van der Waals surface area contributed by atoms with Crippen LogP contribution in [0.25, 0.3) is 16.7 Å². The lowest BCUT2D eigenvalue weighted by atomic mass is 9.93. The number of hydrogen-bond acceptors (Lipinski definition) is 5. The van der Waals surface area contributed by atoms with E-state index in [4.69, 9.17) is 4.74 Å². The average molecular weight is 469 g/mol. The van der Waals surface area contributed by atoms with E-state index < -0.39 is 17.4 Å². The number of benzene rings is 2. The number of rotatable bonds is 1. The summed E-state index contributed by atoms with van der Waals surface area (Å²) in [6, 6.07) is 9.45. The summed E-state index contributed by atoms with van der Waals surface area (Å²) in [6.07, 6.45) is -4.47. The van der Waals surface area contributed by atoms with Gasteiger partial charge in [0.15, 0.2) is 5.75 Å². The lowest BCUT2D eigenvalue weighted by molar-refractivity contribution is -0.190. The molecule has 0 amide bonds. The molecule has 1 aliphatic rings. The lowest BCUT2D eigenvalue weighted by Crippen LogP contribution is -2.31. The number of para-hydroxylation sites is 1. The Morgan fingerprint density at radius 3 is 2.65 bits per heavy atom. The summed E-state index contributed by atoms with van der Waals surface area (Å²) in [5.74, 6) is 6.29. The summed E-state index contributed by atoms with van der Waals surface area (Å²) in [7, 11) is 0. The predicted octanol–water partition coefficient (Wildman–Crippen LogP) is 5.20. The van der Waals surface area contributed by atoms with Crippen molar-refractivity contribution in [2.24, 2.45) is 5.41 Å². The van der Waals surface area contributed by atoms with Gasteiger partial charge in [-0.2, -0.15) is 18.2 Å². The Morgan fingerprint density at radius 2 is 1.88 bits per heavy atom. The van der Waals surface area contributed by atoms with Crippen molar-refractivity contribution in [3.8, 4) is 17.6 Å². The Morgan fingerprint density at radius 1 is 1.09 bits per heavy atom. The number of aryl methyl sites for hydroxylation is 1. The van der Waals surface area contributed by atoms with Crippen LogP contribution < -0.4 is 9.64 Å². The first-order valence-corrected chi connectivity index (χ1v) is 10.5. The first kappa shape index (κ1) is 21.9. The summed E-state index contributed by atoms with van der Waals surface area (Å²) in [4.78, 5) is 6.48. The van der Waals surface area contributed by atoms with Gasteiger partial charge in [0.05, 0.1) is 23.3 Å². The molecule has 0 aliphatic carbocycles. The zero-order chi connectivity index (χ0) is 24.3. The topological polar surface area (TPSA) is 55.5 Å². The molecule has 0 saturated carbocycles. The number of hydrogen-bond donors (Lipinski definition) is 0. The van der Waals surface area contributed by atoms with Crippen LogP contribution in [0.4, 0.5) is 29.1 Å². The Balaban J connectivity index is 1.69. The van der Waals surface area contributed by atoms with Gasteiger partial charge < -0.3 is 9.64 Å². The van der Waals surface area contributed by atoms with Crippen LogP contribution in [0.5, 0.6) is 5.75 Å². The normalized spacial score (nSPS) is 14.0. The highest BCUT2D eigenvalue weighted by atomic mass is 19.4. The molecule has 2 aromatic heterocycles. The van der Waals surface area contributed by atoms with Crippen molar-refractivity contribution in [1.29, 1.82) is 0 Å². The van der Waals surface area contributed by atoms with Crippen LogP contribution in [0, 0.1) is 30.0 Å². The minimum atomic E-state index is -4.47. The maximum atomic E-state index is 14.3. The van der Waals surface area contributed by atoms with Gasteiger partial charge >= 0.3 is 6.18 Å². The third kappa shape index (κ3) is 3.48. The number of ether oxygens (including phenoxy) is 1. The monoisotopic (exact) mass is 469 g/mol. The van der Waals surface area contributed by atoms with Crippen LogP contribution in [-0.2, 0) is 0 Å². The molecule has 10 heteroatoms. The zero-order valence-electron chi connectivity index (χ0n) is 18.5. The predicted molar refractivity (Wildman–Crippen MR) is 119 cm³/mol. The van der Waals surface area contributed by atoms with E-state index in [1.807, 2.05) is 4.90 Å². The molecular formula is C24H19F4N5O. The zero-order valence-corrected chi connectivity index (χ0v) is 18.5. The third-order valence-electron chi connectivity index (χ3n) is 5.77. The molecule has 4 aromatic rings. The van der Waals surface area contributed by atoms with Crippen LogP contribution >= 0.6 is 0 Å². The maximum absolute atomic E-state index is 14.3. The van der Waals surface area contributed by atoms with Gasteiger partial charge in [-0.25, -0.2) is 4.39 Å². The number of fused-ring (bicyclic) bond motifs is 4. The lowest BCUT2D eigenvalue weighted by Gasteiger charge is -2.31. The second kappa shape index (κ2) is 7.58. The summed E-state index contributed by atoms with van der Waals surface area (Å²) < 4.78 is 61.6. The minimum absolute atomic E-state index is 0.240. The van der Waals surface area contributed by atoms with Gasteiger partial charge in [0.2, 0.25) is 0 Å². The Bertz CT molecular complexity index is 1500. The van der Waals surface area contributed by atoms with Crippen LogP contribution in [0.3, 0.4) is 0 Å². The average Bonchev–Trinajstić information content (AvgIpc) is 3.16. The molecule has 0 saturated heterocycles. The fraction of sp³-hybridized carbons (Fsp3) is 0.292. The van der Waals surface area contributed by atoms with E-state index in [1.54, 1.807) is 35.6 Å². The number of alkyl halides is 3. The number of anilines is 2. The van der Waals surface area contributed by atoms with Gasteiger partial charge in [-0.15, -0.1) is 10.2 Å². The number of nitrogens with zero attached hydrogens (tertiary/aromatic N) is 5. The van der Waals surface area contributed by atoms with E-state index in [0.717, 1.165) is 13.8 Å². The molecule has 0 bridgehead atoms. The molecule has 0 atom stereocenters. The quantitative estimate of drug-likeness (QED) is 0.284. The molecule has 6 nitrogen and oxygen atoms in total. The van der Waals surface area contributed by atoms with Gasteiger partial charge in [0.1, 0.15) is 29.5 Å². The summed E-state index contributed by atoms with van der Waals surface area (Å²) in [5.41, 5.74) is -0.605. The number of aromatic nitrogens is 4. The molecule has 2 aromatic carbocycles. The smallest absolute Gasteiger partial charge is 0.404 e. The van der Waals surface area contributed by atoms with Crippen LogP contribution in [0.1, 0.15) is 25.2 Å². The first-order valence-electron chi connectivity index (χ1n) is 10.5. The molecule has 0 radical (unpaired) electrons. The highest BCUT2D eigenvalue weighted by Gasteiger charge is 2.46. The largest absolute Gasteiger partial charge is 0.488 e. The van der Waals surface area contributed by atoms with Crippen molar-refractivity contribution in [2.45, 2.75) is 26.9 Å². The van der Waals surface area contributed by atoms with Gasteiger partial charge in [-0.05, 0) is 51.1 Å². The van der Waals surface area contributed by atoms with Crippen molar-refractivity contribution in [3.05, 3.63) is 53.6 Å².